The molecule has 2 atom stereocenters. The van der Waals surface area contributed by atoms with E-state index in [9.17, 15) is 5.11 Å². The van der Waals surface area contributed by atoms with Gasteiger partial charge in [-0.3, -0.25) is 0 Å². The maximum absolute atomic E-state index is 9.87. The van der Waals surface area contributed by atoms with Crippen LogP contribution in [-0.4, -0.2) is 23.9 Å². The van der Waals surface area contributed by atoms with E-state index in [1.54, 1.807) is 7.11 Å². The van der Waals surface area contributed by atoms with Gasteiger partial charge in [-0.2, -0.15) is 0 Å². The average molecular weight is 208 g/mol. The predicted octanol–water partition coefficient (Wildman–Crippen LogP) is 1.28. The van der Waals surface area contributed by atoms with Crippen molar-refractivity contribution in [2.45, 2.75) is 18.9 Å². The molecule has 1 aromatic rings. The van der Waals surface area contributed by atoms with Crippen LogP contribution in [0.3, 0.4) is 0 Å². The van der Waals surface area contributed by atoms with Gasteiger partial charge < -0.3 is 14.9 Å². The molecular weight excluding hydrogens is 192 g/mol. The zero-order chi connectivity index (χ0) is 10.8. The molecule has 0 amide bonds. The van der Waals surface area contributed by atoms with Crippen molar-refractivity contribution in [3.05, 3.63) is 29.3 Å². The zero-order valence-corrected chi connectivity index (χ0v) is 8.81. The van der Waals surface area contributed by atoms with Crippen molar-refractivity contribution in [2.24, 2.45) is 5.92 Å². The third kappa shape index (κ3) is 1.98. The highest BCUT2D eigenvalue weighted by Gasteiger charge is 2.25. The summed E-state index contributed by atoms with van der Waals surface area (Å²) in [6, 6.07) is 5.72. The van der Waals surface area contributed by atoms with Crippen LogP contribution in [0.25, 0.3) is 0 Å². The van der Waals surface area contributed by atoms with Crippen molar-refractivity contribution < 1.29 is 14.9 Å². The summed E-state index contributed by atoms with van der Waals surface area (Å²) in [6.45, 7) is 0.133. The van der Waals surface area contributed by atoms with Gasteiger partial charge in [0, 0.05) is 6.61 Å². The molecule has 0 unspecified atom stereocenters. The van der Waals surface area contributed by atoms with Crippen molar-refractivity contribution in [1.29, 1.82) is 0 Å². The summed E-state index contributed by atoms with van der Waals surface area (Å²) in [7, 11) is 1.63. The van der Waals surface area contributed by atoms with E-state index in [0.29, 0.717) is 6.42 Å². The highest BCUT2D eigenvalue weighted by molar-refractivity contribution is 5.38. The van der Waals surface area contributed by atoms with Crippen LogP contribution in [-0.2, 0) is 6.42 Å². The van der Waals surface area contributed by atoms with Crippen LogP contribution < -0.4 is 4.74 Å². The largest absolute Gasteiger partial charge is 0.497 e. The Morgan fingerprint density at radius 2 is 2.27 bits per heavy atom. The number of hydrogen-bond donors (Lipinski definition) is 2. The van der Waals surface area contributed by atoms with Crippen LogP contribution in [0.1, 0.15) is 23.7 Å². The van der Waals surface area contributed by atoms with Crippen molar-refractivity contribution >= 4 is 0 Å². The minimum absolute atomic E-state index is 0.133. The molecule has 0 saturated carbocycles. The number of aliphatic hydroxyl groups is 2. The maximum atomic E-state index is 9.87. The molecule has 0 heterocycles. The highest BCUT2D eigenvalue weighted by atomic mass is 16.5. The minimum atomic E-state index is -0.447. The number of hydrogen-bond acceptors (Lipinski definition) is 3. The first-order valence-electron chi connectivity index (χ1n) is 5.20. The second-order valence-corrected chi connectivity index (χ2v) is 4.07. The Morgan fingerprint density at radius 1 is 1.47 bits per heavy atom. The molecule has 15 heavy (non-hydrogen) atoms. The van der Waals surface area contributed by atoms with E-state index in [1.807, 2.05) is 18.2 Å². The molecule has 0 saturated heterocycles. The van der Waals surface area contributed by atoms with Crippen LogP contribution in [0.5, 0.6) is 5.75 Å². The van der Waals surface area contributed by atoms with Gasteiger partial charge in [0.2, 0.25) is 0 Å². The zero-order valence-electron chi connectivity index (χ0n) is 8.81. The molecule has 2 rings (SSSR count). The molecule has 0 aliphatic heterocycles. The fourth-order valence-corrected chi connectivity index (χ4v) is 2.19. The van der Waals surface area contributed by atoms with Gasteiger partial charge in [-0.15, -0.1) is 0 Å². The molecular formula is C12H16O3. The molecule has 2 N–H and O–H groups in total. The first kappa shape index (κ1) is 10.5. The molecule has 82 valence electrons. The van der Waals surface area contributed by atoms with E-state index < -0.39 is 6.10 Å². The fourth-order valence-electron chi connectivity index (χ4n) is 2.19. The summed E-state index contributed by atoms with van der Waals surface area (Å²) in [6.07, 6.45) is 1.02. The van der Waals surface area contributed by atoms with Gasteiger partial charge in [-0.25, -0.2) is 0 Å². The van der Waals surface area contributed by atoms with Gasteiger partial charge in [0.15, 0.2) is 0 Å². The molecule has 3 nitrogen and oxygen atoms in total. The lowest BCUT2D eigenvalue weighted by atomic mass is 9.82. The maximum Gasteiger partial charge on any atom is 0.119 e. The summed E-state index contributed by atoms with van der Waals surface area (Å²) in [5.74, 6) is 0.971. The second kappa shape index (κ2) is 4.21. The Balaban J connectivity index is 2.33. The number of methoxy groups -OCH3 is 1. The van der Waals surface area contributed by atoms with E-state index in [0.717, 1.165) is 23.3 Å². The summed E-state index contributed by atoms with van der Waals surface area (Å²) in [5.41, 5.74) is 2.06. The molecule has 1 aromatic carbocycles. The van der Waals surface area contributed by atoms with E-state index >= 15 is 0 Å². The highest BCUT2D eigenvalue weighted by Crippen LogP contribution is 2.34. The topological polar surface area (TPSA) is 49.7 Å². The van der Waals surface area contributed by atoms with Crippen molar-refractivity contribution in [3.63, 3.8) is 0 Å². The van der Waals surface area contributed by atoms with E-state index in [2.05, 4.69) is 0 Å². The molecule has 0 fully saturated rings. The van der Waals surface area contributed by atoms with Gasteiger partial charge in [0.25, 0.3) is 0 Å². The van der Waals surface area contributed by atoms with Crippen LogP contribution in [0, 0.1) is 5.92 Å². The molecule has 0 radical (unpaired) electrons. The van der Waals surface area contributed by atoms with Crippen LogP contribution >= 0.6 is 0 Å². The lowest BCUT2D eigenvalue weighted by Crippen LogP contribution is -2.21. The SMILES string of the molecule is COc1ccc2c(c1)C[C@@H](CO)C[C@H]2O. The lowest BCUT2D eigenvalue weighted by molar-refractivity contribution is 0.104. The normalized spacial score (nSPS) is 24.7. The summed E-state index contributed by atoms with van der Waals surface area (Å²) >= 11 is 0. The van der Waals surface area contributed by atoms with Crippen LogP contribution in [0.15, 0.2) is 18.2 Å². The Kier molecular flexibility index (Phi) is 2.93. The fraction of sp³-hybridized carbons (Fsp3) is 0.500. The smallest absolute Gasteiger partial charge is 0.119 e. The number of fused-ring (bicyclic) bond motifs is 1. The molecule has 3 heteroatoms. The minimum Gasteiger partial charge on any atom is -0.497 e. The van der Waals surface area contributed by atoms with E-state index in [1.165, 1.54) is 0 Å². The van der Waals surface area contributed by atoms with E-state index in [4.69, 9.17) is 9.84 Å². The first-order chi connectivity index (χ1) is 7.24. The first-order valence-corrected chi connectivity index (χ1v) is 5.20. The third-order valence-electron chi connectivity index (χ3n) is 3.03. The van der Waals surface area contributed by atoms with Gasteiger partial charge in [-0.05, 0) is 42.0 Å². The number of aliphatic hydroxyl groups excluding tert-OH is 2. The van der Waals surface area contributed by atoms with Crippen molar-refractivity contribution in [3.8, 4) is 5.75 Å². The second-order valence-electron chi connectivity index (χ2n) is 4.07. The van der Waals surface area contributed by atoms with Gasteiger partial charge in [0.05, 0.1) is 13.2 Å². The predicted molar refractivity (Wildman–Crippen MR) is 56.9 cm³/mol. The monoisotopic (exact) mass is 208 g/mol. The van der Waals surface area contributed by atoms with Gasteiger partial charge in [-0.1, -0.05) is 6.07 Å². The van der Waals surface area contributed by atoms with Crippen molar-refractivity contribution in [1.82, 2.24) is 0 Å². The van der Waals surface area contributed by atoms with Crippen LogP contribution in [0.4, 0.5) is 0 Å². The molecule has 0 bridgehead atoms. The molecule has 1 aliphatic rings. The van der Waals surface area contributed by atoms with Gasteiger partial charge in [0.1, 0.15) is 5.75 Å². The number of rotatable bonds is 2. The summed E-state index contributed by atoms with van der Waals surface area (Å²) < 4.78 is 5.14. The summed E-state index contributed by atoms with van der Waals surface area (Å²) in [4.78, 5) is 0. The Labute approximate surface area is 89.3 Å². The molecule has 0 spiro atoms. The van der Waals surface area contributed by atoms with Crippen molar-refractivity contribution in [2.75, 3.05) is 13.7 Å². The number of benzene rings is 1. The quantitative estimate of drug-likeness (QED) is 0.769. The number of ether oxygens (including phenoxy) is 1. The average Bonchev–Trinajstić information content (AvgIpc) is 2.28. The Hall–Kier alpha value is -1.06. The van der Waals surface area contributed by atoms with Gasteiger partial charge >= 0.3 is 0 Å². The van der Waals surface area contributed by atoms with E-state index in [-0.39, 0.29) is 12.5 Å². The Bertz CT molecular complexity index is 349. The third-order valence-corrected chi connectivity index (χ3v) is 3.03. The Morgan fingerprint density at radius 3 is 2.93 bits per heavy atom. The standard InChI is InChI=1S/C12H16O3/c1-15-10-2-3-11-9(6-10)4-8(7-13)5-12(11)14/h2-3,6,8,12-14H,4-5,7H2,1H3/t8-,12-/m1/s1. The summed E-state index contributed by atoms with van der Waals surface area (Å²) in [5, 5.41) is 19.0. The molecule has 0 aromatic heterocycles. The lowest BCUT2D eigenvalue weighted by Gasteiger charge is -2.27. The molecule has 1 aliphatic carbocycles. The van der Waals surface area contributed by atoms with Crippen LogP contribution in [0.2, 0.25) is 0 Å².